The highest BCUT2D eigenvalue weighted by atomic mass is 19.1. The van der Waals surface area contributed by atoms with E-state index in [1.165, 1.54) is 25.0 Å². The first kappa shape index (κ1) is 16.7. The van der Waals surface area contributed by atoms with E-state index in [0.717, 1.165) is 23.9 Å². The van der Waals surface area contributed by atoms with E-state index < -0.39 is 0 Å². The molecule has 0 atom stereocenters. The highest BCUT2D eigenvalue weighted by Gasteiger charge is 2.19. The van der Waals surface area contributed by atoms with Crippen molar-refractivity contribution in [2.45, 2.75) is 31.7 Å². The normalized spacial score (nSPS) is 14.8. The third-order valence-corrected chi connectivity index (χ3v) is 4.59. The lowest BCUT2D eigenvalue weighted by atomic mass is 10.2. The second kappa shape index (κ2) is 7.25. The van der Waals surface area contributed by atoms with Crippen LogP contribution in [0, 0.1) is 5.82 Å². The van der Waals surface area contributed by atoms with Crippen LogP contribution in [0.1, 0.15) is 25.7 Å². The van der Waals surface area contributed by atoms with Crippen LogP contribution < -0.4 is 10.6 Å². The van der Waals surface area contributed by atoms with Gasteiger partial charge in [-0.1, -0.05) is 12.8 Å². The fourth-order valence-electron chi connectivity index (χ4n) is 3.31. The molecular weight excluding hydrogens is 335 g/mol. The van der Waals surface area contributed by atoms with Crippen LogP contribution in [0.2, 0.25) is 0 Å². The first-order chi connectivity index (χ1) is 12.7. The smallest absolute Gasteiger partial charge is 0.226 e. The maximum Gasteiger partial charge on any atom is 0.226 e. The summed E-state index contributed by atoms with van der Waals surface area (Å²) in [7, 11) is 0. The molecule has 1 aliphatic rings. The van der Waals surface area contributed by atoms with Gasteiger partial charge in [-0.3, -0.25) is 0 Å². The van der Waals surface area contributed by atoms with Crippen molar-refractivity contribution < 1.29 is 9.50 Å². The number of hydrogen-bond acceptors (Lipinski definition) is 6. The zero-order chi connectivity index (χ0) is 17.9. The fraction of sp³-hybridized carbons (Fsp3) is 0.389. The van der Waals surface area contributed by atoms with Crippen LogP contribution in [-0.4, -0.2) is 44.0 Å². The summed E-state index contributed by atoms with van der Waals surface area (Å²) in [6.07, 6.45) is 6.32. The van der Waals surface area contributed by atoms with Crippen LogP contribution in [0.15, 0.2) is 30.5 Å². The number of nitrogens with zero attached hydrogens (tertiary/aromatic N) is 4. The number of anilines is 2. The van der Waals surface area contributed by atoms with Crippen molar-refractivity contribution in [3.63, 3.8) is 0 Å². The minimum absolute atomic E-state index is 0.00296. The summed E-state index contributed by atoms with van der Waals surface area (Å²) >= 11 is 0. The van der Waals surface area contributed by atoms with Gasteiger partial charge in [0.05, 0.1) is 23.9 Å². The molecule has 0 spiro atoms. The highest BCUT2D eigenvalue weighted by Crippen LogP contribution is 2.26. The third kappa shape index (κ3) is 3.32. The van der Waals surface area contributed by atoms with Crippen molar-refractivity contribution >= 4 is 22.8 Å². The number of aliphatic hydroxyl groups is 1. The average Bonchev–Trinajstić information content (AvgIpc) is 3.30. The lowest BCUT2D eigenvalue weighted by molar-refractivity contribution is 0.311. The minimum atomic E-state index is -0.297. The number of nitrogens with one attached hydrogen (secondary N) is 2. The van der Waals surface area contributed by atoms with Crippen molar-refractivity contribution in [3.05, 3.63) is 36.3 Å². The highest BCUT2D eigenvalue weighted by molar-refractivity contribution is 5.88. The molecule has 0 saturated heterocycles. The van der Waals surface area contributed by atoms with E-state index in [1.54, 1.807) is 23.0 Å². The van der Waals surface area contributed by atoms with Crippen LogP contribution >= 0.6 is 0 Å². The van der Waals surface area contributed by atoms with Gasteiger partial charge in [0.2, 0.25) is 5.95 Å². The molecule has 3 aromatic rings. The van der Waals surface area contributed by atoms with Gasteiger partial charge in [-0.15, -0.1) is 0 Å². The Kier molecular flexibility index (Phi) is 4.66. The molecule has 2 aromatic heterocycles. The van der Waals surface area contributed by atoms with E-state index in [0.29, 0.717) is 30.0 Å². The van der Waals surface area contributed by atoms with E-state index in [2.05, 4.69) is 25.7 Å². The summed E-state index contributed by atoms with van der Waals surface area (Å²) in [5, 5.41) is 20.8. The number of halogens is 1. The summed E-state index contributed by atoms with van der Waals surface area (Å²) in [6.45, 7) is 0.389. The monoisotopic (exact) mass is 356 g/mol. The van der Waals surface area contributed by atoms with Gasteiger partial charge in [-0.2, -0.15) is 15.1 Å². The Hall–Kier alpha value is -2.74. The molecular formula is C18H21FN6O. The SMILES string of the molecule is OCCNc1nc(NC2CCCC2)nc2c1cnn2-c1ccc(F)cc1. The molecule has 0 unspecified atom stereocenters. The Bertz CT molecular complexity index is 889. The molecule has 3 N–H and O–H groups in total. The van der Waals surface area contributed by atoms with Crippen LogP contribution in [0.5, 0.6) is 0 Å². The summed E-state index contributed by atoms with van der Waals surface area (Å²) in [5.74, 6) is 0.861. The maximum atomic E-state index is 13.2. The third-order valence-electron chi connectivity index (χ3n) is 4.59. The Morgan fingerprint density at radius 3 is 2.65 bits per heavy atom. The fourth-order valence-corrected chi connectivity index (χ4v) is 3.31. The summed E-state index contributed by atoms with van der Waals surface area (Å²) < 4.78 is 14.9. The second-order valence-corrected chi connectivity index (χ2v) is 6.44. The Morgan fingerprint density at radius 1 is 1.15 bits per heavy atom. The molecule has 1 aliphatic carbocycles. The van der Waals surface area contributed by atoms with E-state index in [9.17, 15) is 4.39 Å². The van der Waals surface area contributed by atoms with Crippen molar-refractivity contribution in [3.8, 4) is 5.69 Å². The molecule has 7 nitrogen and oxygen atoms in total. The van der Waals surface area contributed by atoms with E-state index in [4.69, 9.17) is 5.11 Å². The largest absolute Gasteiger partial charge is 0.395 e. The standard InChI is InChI=1S/C18H21FN6O/c19-12-5-7-14(8-6-12)25-17-15(11-21-25)16(20-9-10-26)23-18(24-17)22-13-3-1-2-4-13/h5-8,11,13,26H,1-4,9-10H2,(H2,20,22,23,24). The molecule has 136 valence electrons. The molecule has 4 rings (SSSR count). The predicted octanol–water partition coefficient (Wildman–Crippen LogP) is 2.71. The van der Waals surface area contributed by atoms with Gasteiger partial charge in [0.15, 0.2) is 5.65 Å². The Labute approximate surface area is 150 Å². The summed E-state index contributed by atoms with van der Waals surface area (Å²) in [6, 6.07) is 6.49. The van der Waals surface area contributed by atoms with Gasteiger partial charge in [0.1, 0.15) is 11.6 Å². The molecule has 1 saturated carbocycles. The maximum absolute atomic E-state index is 13.2. The summed E-state index contributed by atoms with van der Waals surface area (Å²) in [5.41, 5.74) is 1.35. The second-order valence-electron chi connectivity index (χ2n) is 6.44. The van der Waals surface area contributed by atoms with Gasteiger partial charge in [0.25, 0.3) is 0 Å². The first-order valence-electron chi connectivity index (χ1n) is 8.87. The van der Waals surface area contributed by atoms with Crippen molar-refractivity contribution in [2.24, 2.45) is 0 Å². The van der Waals surface area contributed by atoms with Gasteiger partial charge < -0.3 is 15.7 Å². The van der Waals surface area contributed by atoms with Gasteiger partial charge in [-0.25, -0.2) is 9.07 Å². The molecule has 1 aromatic carbocycles. The minimum Gasteiger partial charge on any atom is -0.395 e. The number of benzene rings is 1. The first-order valence-corrected chi connectivity index (χ1v) is 8.87. The number of rotatable bonds is 6. The molecule has 0 bridgehead atoms. The lowest BCUT2D eigenvalue weighted by Crippen LogP contribution is -2.18. The van der Waals surface area contributed by atoms with Crippen molar-refractivity contribution in [1.29, 1.82) is 0 Å². The van der Waals surface area contributed by atoms with E-state index in [1.807, 2.05) is 0 Å². The van der Waals surface area contributed by atoms with E-state index in [-0.39, 0.29) is 12.4 Å². The average molecular weight is 356 g/mol. The zero-order valence-electron chi connectivity index (χ0n) is 14.3. The van der Waals surface area contributed by atoms with Gasteiger partial charge >= 0.3 is 0 Å². The topological polar surface area (TPSA) is 87.9 Å². The molecule has 26 heavy (non-hydrogen) atoms. The number of aromatic nitrogens is 4. The zero-order valence-corrected chi connectivity index (χ0v) is 14.3. The number of aliphatic hydroxyl groups excluding tert-OH is 1. The predicted molar refractivity (Wildman–Crippen MR) is 98.1 cm³/mol. The van der Waals surface area contributed by atoms with Crippen LogP contribution in [-0.2, 0) is 0 Å². The van der Waals surface area contributed by atoms with Crippen LogP contribution in [0.3, 0.4) is 0 Å². The Balaban J connectivity index is 1.76. The summed E-state index contributed by atoms with van der Waals surface area (Å²) in [4.78, 5) is 9.21. The molecule has 0 radical (unpaired) electrons. The molecule has 1 fully saturated rings. The molecule has 0 amide bonds. The van der Waals surface area contributed by atoms with Crippen molar-refractivity contribution in [2.75, 3.05) is 23.8 Å². The van der Waals surface area contributed by atoms with Crippen LogP contribution in [0.25, 0.3) is 16.7 Å². The Morgan fingerprint density at radius 2 is 1.92 bits per heavy atom. The number of fused-ring (bicyclic) bond motifs is 1. The van der Waals surface area contributed by atoms with Crippen LogP contribution in [0.4, 0.5) is 16.2 Å². The van der Waals surface area contributed by atoms with Gasteiger partial charge in [-0.05, 0) is 37.1 Å². The van der Waals surface area contributed by atoms with Gasteiger partial charge in [0, 0.05) is 12.6 Å². The lowest BCUT2D eigenvalue weighted by Gasteiger charge is -2.14. The number of hydrogen-bond donors (Lipinski definition) is 3. The van der Waals surface area contributed by atoms with Crippen molar-refractivity contribution in [1.82, 2.24) is 19.7 Å². The molecule has 0 aliphatic heterocycles. The molecule has 2 heterocycles. The molecule has 8 heteroatoms. The quantitative estimate of drug-likeness (QED) is 0.629. The van der Waals surface area contributed by atoms with E-state index >= 15 is 0 Å².